The van der Waals surface area contributed by atoms with Crippen LogP contribution in [0.15, 0.2) is 53.4 Å². The van der Waals surface area contributed by atoms with Crippen molar-refractivity contribution in [1.82, 2.24) is 9.21 Å². The maximum Gasteiger partial charge on any atom is 0.337 e. The SMILES string of the molecule is COC(=O)c1ccc(CCN(C2CCCN(C)C2)S(=O)c2ccc(C(F)F)cc2)cc1. The number of esters is 1. The van der Waals surface area contributed by atoms with Crippen LogP contribution in [-0.4, -0.2) is 59.2 Å². The third-order valence-corrected chi connectivity index (χ3v) is 7.13. The lowest BCUT2D eigenvalue weighted by molar-refractivity contribution is 0.0600. The van der Waals surface area contributed by atoms with Crippen molar-refractivity contribution >= 4 is 17.0 Å². The van der Waals surface area contributed by atoms with E-state index in [2.05, 4.69) is 11.9 Å². The molecule has 5 nitrogen and oxygen atoms in total. The molecular weight excluding hydrogens is 422 g/mol. The third-order valence-electron chi connectivity index (χ3n) is 5.55. The van der Waals surface area contributed by atoms with Crippen molar-refractivity contribution in [2.45, 2.75) is 36.6 Å². The zero-order valence-electron chi connectivity index (χ0n) is 17.8. The Hall–Kier alpha value is -2.16. The van der Waals surface area contributed by atoms with Gasteiger partial charge in [-0.15, -0.1) is 0 Å². The molecule has 1 heterocycles. The Labute approximate surface area is 184 Å². The summed E-state index contributed by atoms with van der Waals surface area (Å²) in [5.74, 6) is -0.383. The van der Waals surface area contributed by atoms with E-state index in [-0.39, 0.29) is 17.6 Å². The van der Waals surface area contributed by atoms with E-state index in [4.69, 9.17) is 4.74 Å². The molecule has 0 aromatic heterocycles. The molecule has 0 spiro atoms. The average molecular weight is 451 g/mol. The van der Waals surface area contributed by atoms with Gasteiger partial charge in [0.25, 0.3) is 6.43 Å². The third kappa shape index (κ3) is 6.18. The van der Waals surface area contributed by atoms with Crippen molar-refractivity contribution < 1.29 is 22.5 Å². The molecule has 1 aliphatic rings. The number of carbonyl (C=O) groups excluding carboxylic acids is 1. The molecule has 2 aromatic carbocycles. The Balaban J connectivity index is 1.76. The van der Waals surface area contributed by atoms with E-state index in [0.29, 0.717) is 23.4 Å². The van der Waals surface area contributed by atoms with E-state index < -0.39 is 17.4 Å². The molecule has 31 heavy (non-hydrogen) atoms. The Morgan fingerprint density at radius 2 is 1.87 bits per heavy atom. The van der Waals surface area contributed by atoms with Crippen LogP contribution in [0.4, 0.5) is 8.78 Å². The van der Waals surface area contributed by atoms with Gasteiger partial charge in [0.2, 0.25) is 0 Å². The topological polar surface area (TPSA) is 49.9 Å². The zero-order chi connectivity index (χ0) is 22.4. The summed E-state index contributed by atoms with van der Waals surface area (Å²) < 4.78 is 45.9. The summed E-state index contributed by atoms with van der Waals surface area (Å²) in [6.07, 6.45) is 0.0701. The lowest BCUT2D eigenvalue weighted by Crippen LogP contribution is -2.48. The molecule has 2 unspecified atom stereocenters. The quantitative estimate of drug-likeness (QED) is 0.569. The van der Waals surface area contributed by atoms with Crippen molar-refractivity contribution in [1.29, 1.82) is 0 Å². The second-order valence-corrected chi connectivity index (χ2v) is 9.20. The molecule has 0 amide bonds. The van der Waals surface area contributed by atoms with Gasteiger partial charge in [-0.3, -0.25) is 0 Å². The van der Waals surface area contributed by atoms with Crippen LogP contribution in [0.3, 0.4) is 0 Å². The molecule has 0 radical (unpaired) electrons. The molecule has 0 N–H and O–H groups in total. The molecular formula is C23H28F2N2O3S. The van der Waals surface area contributed by atoms with Crippen LogP contribution in [0.2, 0.25) is 0 Å². The van der Waals surface area contributed by atoms with Gasteiger partial charge in [-0.2, -0.15) is 0 Å². The average Bonchev–Trinajstić information content (AvgIpc) is 2.79. The molecule has 0 aliphatic carbocycles. The largest absolute Gasteiger partial charge is 0.465 e. The van der Waals surface area contributed by atoms with E-state index in [9.17, 15) is 17.8 Å². The maximum atomic E-state index is 13.4. The lowest BCUT2D eigenvalue weighted by atomic mass is 10.1. The molecule has 0 saturated carbocycles. The first kappa shape index (κ1) is 23.5. The number of piperidine rings is 1. The number of nitrogens with zero attached hydrogens (tertiary/aromatic N) is 2. The van der Waals surface area contributed by atoms with Crippen molar-refractivity contribution in [3.05, 3.63) is 65.2 Å². The molecule has 168 valence electrons. The van der Waals surface area contributed by atoms with E-state index >= 15 is 0 Å². The highest BCUT2D eigenvalue weighted by Crippen LogP contribution is 2.24. The summed E-state index contributed by atoms with van der Waals surface area (Å²) in [5.41, 5.74) is 1.43. The molecule has 1 aliphatic heterocycles. The number of hydrogen-bond acceptors (Lipinski definition) is 4. The second-order valence-electron chi connectivity index (χ2n) is 7.76. The van der Waals surface area contributed by atoms with Gasteiger partial charge < -0.3 is 9.64 Å². The molecule has 2 atom stereocenters. The minimum absolute atomic E-state index is 0.0737. The van der Waals surface area contributed by atoms with Crippen molar-refractivity contribution in [2.75, 3.05) is 33.8 Å². The van der Waals surface area contributed by atoms with Gasteiger partial charge in [-0.05, 0) is 62.7 Å². The Morgan fingerprint density at radius 1 is 1.19 bits per heavy atom. The summed E-state index contributed by atoms with van der Waals surface area (Å²) in [4.78, 5) is 14.4. The minimum atomic E-state index is -2.54. The summed E-state index contributed by atoms with van der Waals surface area (Å²) in [7, 11) is 1.94. The van der Waals surface area contributed by atoms with Crippen LogP contribution < -0.4 is 0 Å². The van der Waals surface area contributed by atoms with Gasteiger partial charge >= 0.3 is 5.97 Å². The maximum absolute atomic E-state index is 13.4. The molecule has 3 rings (SSSR count). The number of benzene rings is 2. The summed E-state index contributed by atoms with van der Waals surface area (Å²) >= 11 is 0. The number of halogens is 2. The first-order valence-electron chi connectivity index (χ1n) is 10.3. The molecule has 8 heteroatoms. The Morgan fingerprint density at radius 3 is 2.45 bits per heavy atom. The smallest absolute Gasteiger partial charge is 0.337 e. The standard InChI is InChI=1S/C23H28F2N2O3S/c1-26-14-3-4-20(16-26)27(31(29)21-11-9-18(10-12-21)22(24)25)15-13-17-5-7-19(8-6-17)23(28)30-2/h5-12,20,22H,3-4,13-16H2,1-2H3. The van der Waals surface area contributed by atoms with Crippen molar-refractivity contribution in [3.8, 4) is 0 Å². The van der Waals surface area contributed by atoms with E-state index in [1.54, 1.807) is 12.1 Å². The van der Waals surface area contributed by atoms with Crippen LogP contribution in [-0.2, 0) is 22.1 Å². The van der Waals surface area contributed by atoms with Gasteiger partial charge in [0, 0.05) is 24.7 Å². The lowest BCUT2D eigenvalue weighted by Gasteiger charge is -2.37. The van der Waals surface area contributed by atoms with E-state index in [1.165, 1.54) is 31.4 Å². The van der Waals surface area contributed by atoms with Crippen LogP contribution in [0.5, 0.6) is 0 Å². The van der Waals surface area contributed by atoms with Crippen LogP contribution in [0.1, 0.15) is 40.8 Å². The van der Waals surface area contributed by atoms with Crippen molar-refractivity contribution in [2.24, 2.45) is 0 Å². The second kappa shape index (κ2) is 10.9. The van der Waals surface area contributed by atoms with Crippen LogP contribution in [0, 0.1) is 0 Å². The first-order chi connectivity index (χ1) is 14.9. The van der Waals surface area contributed by atoms with Gasteiger partial charge in [0.15, 0.2) is 0 Å². The highest BCUT2D eigenvalue weighted by atomic mass is 32.2. The summed E-state index contributed by atoms with van der Waals surface area (Å²) in [6, 6.07) is 13.0. The number of hydrogen-bond donors (Lipinski definition) is 0. The number of ether oxygens (including phenoxy) is 1. The van der Waals surface area contributed by atoms with Gasteiger partial charge in [0.1, 0.15) is 11.0 Å². The van der Waals surface area contributed by atoms with Crippen LogP contribution >= 0.6 is 0 Å². The zero-order valence-corrected chi connectivity index (χ0v) is 18.6. The number of likely N-dealkylation sites (N-methyl/N-ethyl adjacent to an activating group) is 1. The summed E-state index contributed by atoms with van der Waals surface area (Å²) in [5, 5.41) is 0. The number of likely N-dealkylation sites (tertiary alicyclic amines) is 1. The fraction of sp³-hybridized carbons (Fsp3) is 0.435. The van der Waals surface area contributed by atoms with Crippen LogP contribution in [0.25, 0.3) is 0 Å². The van der Waals surface area contributed by atoms with Gasteiger partial charge in [0.05, 0.1) is 17.6 Å². The molecule has 0 bridgehead atoms. The molecule has 1 fully saturated rings. The van der Waals surface area contributed by atoms with Gasteiger partial charge in [-0.1, -0.05) is 24.3 Å². The number of methoxy groups -OCH3 is 1. The summed E-state index contributed by atoms with van der Waals surface area (Å²) in [6.45, 7) is 2.37. The Bertz CT molecular complexity index is 891. The number of carbonyl (C=O) groups is 1. The monoisotopic (exact) mass is 450 g/mol. The highest BCUT2D eigenvalue weighted by molar-refractivity contribution is 7.82. The van der Waals surface area contributed by atoms with E-state index in [0.717, 1.165) is 31.5 Å². The first-order valence-corrected chi connectivity index (χ1v) is 11.4. The highest BCUT2D eigenvalue weighted by Gasteiger charge is 2.28. The Kier molecular flexibility index (Phi) is 8.28. The number of alkyl halides is 2. The normalized spacial score (nSPS) is 18.3. The van der Waals surface area contributed by atoms with Crippen molar-refractivity contribution in [3.63, 3.8) is 0 Å². The molecule has 1 saturated heterocycles. The predicted molar refractivity (Wildman–Crippen MR) is 117 cm³/mol. The fourth-order valence-electron chi connectivity index (χ4n) is 3.80. The predicted octanol–water partition coefficient (Wildman–Crippen LogP) is 4.07. The van der Waals surface area contributed by atoms with E-state index in [1.807, 2.05) is 16.4 Å². The fourth-order valence-corrected chi connectivity index (χ4v) is 5.14. The number of rotatable bonds is 8. The minimum Gasteiger partial charge on any atom is -0.465 e. The van der Waals surface area contributed by atoms with Gasteiger partial charge in [-0.25, -0.2) is 22.1 Å². The molecule has 2 aromatic rings.